The minimum atomic E-state index is -1.21. The number of rotatable bonds is 6. The molecule has 3 N–H and O–H groups in total. The zero-order valence-corrected chi connectivity index (χ0v) is 9.82. The molecular formula is C11H16N2O4. The highest BCUT2D eigenvalue weighted by Crippen LogP contribution is 2.05. The Bertz CT molecular complexity index is 400. The van der Waals surface area contributed by atoms with Gasteiger partial charge in [0.05, 0.1) is 0 Å². The predicted molar refractivity (Wildman–Crippen MR) is 60.6 cm³/mol. The second kappa shape index (κ2) is 6.05. The maximum absolute atomic E-state index is 11.4. The molecular weight excluding hydrogens is 224 g/mol. The molecule has 0 fully saturated rings. The molecule has 0 aliphatic heterocycles. The Labute approximate surface area is 99.0 Å². The Morgan fingerprint density at radius 1 is 1.47 bits per heavy atom. The van der Waals surface area contributed by atoms with Gasteiger partial charge in [0.25, 0.3) is 0 Å². The molecule has 1 rings (SSSR count). The highest BCUT2D eigenvalue weighted by atomic mass is 16.4. The van der Waals surface area contributed by atoms with Gasteiger partial charge in [-0.25, -0.2) is 4.79 Å². The van der Waals surface area contributed by atoms with Gasteiger partial charge in [-0.1, -0.05) is 0 Å². The van der Waals surface area contributed by atoms with Crippen LogP contribution < -0.4 is 10.6 Å². The smallest absolute Gasteiger partial charge is 0.330 e. The molecule has 94 valence electrons. The zero-order chi connectivity index (χ0) is 12.8. The fourth-order valence-electron chi connectivity index (χ4n) is 1.40. The number of hydrogen-bond acceptors (Lipinski definition) is 4. The largest absolute Gasteiger partial charge is 0.480 e. The Kier molecular flexibility index (Phi) is 4.71. The number of likely N-dealkylation sites (N-methyl/N-ethyl adjacent to an activating group) is 1. The van der Waals surface area contributed by atoms with Crippen molar-refractivity contribution in [3.63, 3.8) is 0 Å². The molecule has 0 radical (unpaired) electrons. The van der Waals surface area contributed by atoms with E-state index in [2.05, 4.69) is 10.6 Å². The van der Waals surface area contributed by atoms with Crippen LogP contribution in [0.25, 0.3) is 0 Å². The molecule has 1 aromatic rings. The van der Waals surface area contributed by atoms with Gasteiger partial charge in [0.2, 0.25) is 5.91 Å². The first kappa shape index (κ1) is 13.2. The molecule has 0 aliphatic carbocycles. The van der Waals surface area contributed by atoms with E-state index in [9.17, 15) is 9.59 Å². The topological polar surface area (TPSA) is 91.6 Å². The number of amides is 1. The van der Waals surface area contributed by atoms with Crippen molar-refractivity contribution < 1.29 is 19.1 Å². The summed E-state index contributed by atoms with van der Waals surface area (Å²) in [5, 5.41) is 13.7. The van der Waals surface area contributed by atoms with E-state index in [0.717, 1.165) is 11.5 Å². The molecule has 1 heterocycles. The molecule has 0 saturated carbocycles. The van der Waals surface area contributed by atoms with Gasteiger partial charge in [-0.05, 0) is 26.1 Å². The van der Waals surface area contributed by atoms with Crippen LogP contribution in [-0.2, 0) is 16.0 Å². The van der Waals surface area contributed by atoms with Crippen molar-refractivity contribution in [2.75, 3.05) is 13.6 Å². The van der Waals surface area contributed by atoms with E-state index in [4.69, 9.17) is 9.52 Å². The van der Waals surface area contributed by atoms with Crippen LogP contribution >= 0.6 is 0 Å². The SMILES string of the molecule is CNC(C(=O)O)C(=O)NCCc1ccc(C)o1. The van der Waals surface area contributed by atoms with Crippen LogP contribution in [0.3, 0.4) is 0 Å². The van der Waals surface area contributed by atoms with Gasteiger partial charge in [-0.15, -0.1) is 0 Å². The van der Waals surface area contributed by atoms with Gasteiger partial charge in [0.15, 0.2) is 6.04 Å². The normalized spacial score (nSPS) is 12.1. The Hall–Kier alpha value is -1.82. The van der Waals surface area contributed by atoms with E-state index in [-0.39, 0.29) is 0 Å². The van der Waals surface area contributed by atoms with Crippen LogP contribution in [0.15, 0.2) is 16.5 Å². The fraction of sp³-hybridized carbons (Fsp3) is 0.455. The summed E-state index contributed by atoms with van der Waals surface area (Å²) in [5.74, 6) is -0.175. The van der Waals surface area contributed by atoms with Crippen molar-refractivity contribution >= 4 is 11.9 Å². The van der Waals surface area contributed by atoms with Crippen molar-refractivity contribution in [3.05, 3.63) is 23.7 Å². The number of aryl methyl sites for hydroxylation is 1. The van der Waals surface area contributed by atoms with Crippen LogP contribution in [0.5, 0.6) is 0 Å². The molecule has 1 unspecified atom stereocenters. The third kappa shape index (κ3) is 3.92. The van der Waals surface area contributed by atoms with E-state index in [1.165, 1.54) is 7.05 Å². The first-order valence-electron chi connectivity index (χ1n) is 5.27. The van der Waals surface area contributed by atoms with Crippen molar-refractivity contribution in [2.24, 2.45) is 0 Å². The van der Waals surface area contributed by atoms with Crippen LogP contribution in [-0.4, -0.2) is 36.6 Å². The molecule has 0 aromatic carbocycles. The first-order chi connectivity index (χ1) is 8.04. The van der Waals surface area contributed by atoms with Gasteiger partial charge in [0.1, 0.15) is 11.5 Å². The Morgan fingerprint density at radius 3 is 2.65 bits per heavy atom. The van der Waals surface area contributed by atoms with Crippen LogP contribution in [0.4, 0.5) is 0 Å². The molecule has 6 nitrogen and oxygen atoms in total. The quantitative estimate of drug-likeness (QED) is 0.605. The summed E-state index contributed by atoms with van der Waals surface area (Å²) in [6.45, 7) is 2.18. The number of carboxylic acid groups (broad SMARTS) is 1. The predicted octanol–water partition coefficient (Wildman–Crippen LogP) is -0.0807. The molecule has 6 heteroatoms. The van der Waals surface area contributed by atoms with Crippen LogP contribution in [0.1, 0.15) is 11.5 Å². The third-order valence-electron chi connectivity index (χ3n) is 2.26. The lowest BCUT2D eigenvalue weighted by atomic mass is 10.2. The number of hydrogen-bond donors (Lipinski definition) is 3. The summed E-state index contributed by atoms with van der Waals surface area (Å²) in [6.07, 6.45) is 0.537. The molecule has 1 aromatic heterocycles. The number of carboxylic acids is 1. The molecule has 0 bridgehead atoms. The van der Waals surface area contributed by atoms with Crippen molar-refractivity contribution in [1.82, 2.24) is 10.6 Å². The monoisotopic (exact) mass is 240 g/mol. The summed E-state index contributed by atoms with van der Waals surface area (Å²) in [5.41, 5.74) is 0. The molecule has 1 amide bonds. The number of aliphatic carboxylic acids is 1. The van der Waals surface area contributed by atoms with Gasteiger partial charge in [-0.3, -0.25) is 10.1 Å². The molecule has 0 saturated heterocycles. The lowest BCUT2D eigenvalue weighted by Crippen LogP contribution is -2.48. The summed E-state index contributed by atoms with van der Waals surface area (Å²) < 4.78 is 5.32. The number of carbonyl (C=O) groups is 2. The molecule has 1 atom stereocenters. The van der Waals surface area contributed by atoms with Gasteiger partial charge >= 0.3 is 5.97 Å². The van der Waals surface area contributed by atoms with Gasteiger partial charge in [0, 0.05) is 13.0 Å². The second-order valence-electron chi connectivity index (χ2n) is 3.61. The van der Waals surface area contributed by atoms with E-state index >= 15 is 0 Å². The standard InChI is InChI=1S/C11H16N2O4/c1-7-3-4-8(17-7)5-6-13-10(14)9(12-2)11(15)16/h3-4,9,12H,5-6H2,1-2H3,(H,13,14)(H,15,16). The fourth-order valence-corrected chi connectivity index (χ4v) is 1.40. The summed E-state index contributed by atoms with van der Waals surface area (Å²) >= 11 is 0. The summed E-state index contributed by atoms with van der Waals surface area (Å²) in [4.78, 5) is 22.1. The molecule has 17 heavy (non-hydrogen) atoms. The Balaban J connectivity index is 2.35. The number of nitrogens with one attached hydrogen (secondary N) is 2. The van der Waals surface area contributed by atoms with Crippen LogP contribution in [0.2, 0.25) is 0 Å². The van der Waals surface area contributed by atoms with Crippen molar-refractivity contribution in [1.29, 1.82) is 0 Å². The van der Waals surface area contributed by atoms with E-state index in [1.807, 2.05) is 19.1 Å². The highest BCUT2D eigenvalue weighted by Gasteiger charge is 2.23. The average Bonchev–Trinajstić information content (AvgIpc) is 2.64. The van der Waals surface area contributed by atoms with Crippen molar-refractivity contribution in [2.45, 2.75) is 19.4 Å². The van der Waals surface area contributed by atoms with Crippen molar-refractivity contribution in [3.8, 4) is 0 Å². The van der Waals surface area contributed by atoms with E-state index in [0.29, 0.717) is 13.0 Å². The number of furan rings is 1. The zero-order valence-electron chi connectivity index (χ0n) is 9.82. The minimum absolute atomic E-state index is 0.344. The number of carbonyl (C=O) groups excluding carboxylic acids is 1. The van der Waals surface area contributed by atoms with E-state index < -0.39 is 17.9 Å². The third-order valence-corrected chi connectivity index (χ3v) is 2.26. The highest BCUT2D eigenvalue weighted by molar-refractivity contribution is 6.01. The van der Waals surface area contributed by atoms with E-state index in [1.54, 1.807) is 0 Å². The van der Waals surface area contributed by atoms with Gasteiger partial charge < -0.3 is 14.8 Å². The molecule has 0 spiro atoms. The second-order valence-corrected chi connectivity index (χ2v) is 3.61. The lowest BCUT2D eigenvalue weighted by Gasteiger charge is -2.10. The molecule has 0 aliphatic rings. The lowest BCUT2D eigenvalue weighted by molar-refractivity contribution is -0.143. The maximum Gasteiger partial charge on any atom is 0.330 e. The first-order valence-corrected chi connectivity index (χ1v) is 5.27. The Morgan fingerprint density at radius 2 is 2.18 bits per heavy atom. The summed E-state index contributed by atoms with van der Waals surface area (Å²) in [7, 11) is 1.42. The van der Waals surface area contributed by atoms with Gasteiger partial charge in [-0.2, -0.15) is 0 Å². The minimum Gasteiger partial charge on any atom is -0.480 e. The van der Waals surface area contributed by atoms with Crippen LogP contribution in [0, 0.1) is 6.92 Å². The average molecular weight is 240 g/mol. The summed E-state index contributed by atoms with van der Waals surface area (Å²) in [6, 6.07) is 2.45. The maximum atomic E-state index is 11.4.